The third-order valence-electron chi connectivity index (χ3n) is 4.51. The third kappa shape index (κ3) is 5.23. The minimum absolute atomic E-state index is 0.131. The Hall–Kier alpha value is -2.54. The molecule has 1 aliphatic rings. The maximum atomic E-state index is 13.0. The predicted octanol–water partition coefficient (Wildman–Crippen LogP) is 3.93. The monoisotopic (exact) mass is 389 g/mol. The van der Waals surface area contributed by atoms with E-state index in [1.165, 1.54) is 23.5 Å². The molecule has 142 valence electrons. The SMILES string of the molecule is O=C(COC(=O)c1ccc(-c2ccc(F)cc2)s1)NC(=O)C1CCCCC1. The van der Waals surface area contributed by atoms with Crippen LogP contribution in [0.5, 0.6) is 0 Å². The van der Waals surface area contributed by atoms with Gasteiger partial charge in [-0.15, -0.1) is 11.3 Å². The lowest BCUT2D eigenvalue weighted by Gasteiger charge is -2.20. The van der Waals surface area contributed by atoms with Crippen molar-refractivity contribution in [3.63, 3.8) is 0 Å². The highest BCUT2D eigenvalue weighted by Gasteiger charge is 2.23. The van der Waals surface area contributed by atoms with Crippen LogP contribution in [-0.2, 0) is 14.3 Å². The Bertz CT molecular complexity index is 825. The van der Waals surface area contributed by atoms with Gasteiger partial charge in [0, 0.05) is 10.8 Å². The number of carbonyl (C=O) groups excluding carboxylic acids is 3. The molecule has 0 atom stereocenters. The van der Waals surface area contributed by atoms with Crippen molar-refractivity contribution in [2.24, 2.45) is 5.92 Å². The minimum atomic E-state index is -0.631. The molecular weight excluding hydrogens is 369 g/mol. The van der Waals surface area contributed by atoms with Gasteiger partial charge in [0.2, 0.25) is 5.91 Å². The van der Waals surface area contributed by atoms with Gasteiger partial charge in [-0.25, -0.2) is 9.18 Å². The molecule has 1 saturated carbocycles. The second-order valence-electron chi connectivity index (χ2n) is 6.49. The summed E-state index contributed by atoms with van der Waals surface area (Å²) in [7, 11) is 0. The number of rotatable bonds is 5. The number of amides is 2. The van der Waals surface area contributed by atoms with E-state index in [4.69, 9.17) is 4.74 Å². The van der Waals surface area contributed by atoms with Crippen LogP contribution in [0.25, 0.3) is 10.4 Å². The molecule has 0 aliphatic heterocycles. The molecule has 0 spiro atoms. The van der Waals surface area contributed by atoms with Crippen molar-refractivity contribution in [3.05, 3.63) is 47.1 Å². The molecule has 0 radical (unpaired) electrons. The van der Waals surface area contributed by atoms with Crippen LogP contribution in [0, 0.1) is 11.7 Å². The molecule has 0 saturated heterocycles. The van der Waals surface area contributed by atoms with Crippen LogP contribution in [0.1, 0.15) is 41.8 Å². The number of esters is 1. The number of ether oxygens (including phenoxy) is 1. The van der Waals surface area contributed by atoms with Crippen molar-refractivity contribution < 1.29 is 23.5 Å². The van der Waals surface area contributed by atoms with E-state index in [1.54, 1.807) is 24.3 Å². The molecule has 2 aromatic rings. The first-order chi connectivity index (χ1) is 13.0. The van der Waals surface area contributed by atoms with Crippen molar-refractivity contribution in [2.75, 3.05) is 6.61 Å². The molecule has 2 amide bonds. The lowest BCUT2D eigenvalue weighted by atomic mass is 9.89. The van der Waals surface area contributed by atoms with Crippen molar-refractivity contribution in [1.29, 1.82) is 0 Å². The molecule has 1 aromatic heterocycles. The van der Waals surface area contributed by atoms with E-state index in [2.05, 4.69) is 5.32 Å². The average molecular weight is 389 g/mol. The average Bonchev–Trinajstić information content (AvgIpc) is 3.17. The summed E-state index contributed by atoms with van der Waals surface area (Å²) >= 11 is 1.19. The Kier molecular flexibility index (Phi) is 6.34. The lowest BCUT2D eigenvalue weighted by molar-refractivity contribution is -0.135. The summed E-state index contributed by atoms with van der Waals surface area (Å²) in [6.45, 7) is -0.499. The zero-order valence-electron chi connectivity index (χ0n) is 14.7. The number of nitrogens with one attached hydrogen (secondary N) is 1. The molecule has 5 nitrogen and oxygen atoms in total. The molecule has 3 rings (SSSR count). The maximum absolute atomic E-state index is 13.0. The van der Waals surface area contributed by atoms with Crippen LogP contribution < -0.4 is 5.32 Å². The molecule has 27 heavy (non-hydrogen) atoms. The Morgan fingerprint density at radius 3 is 2.44 bits per heavy atom. The number of thiophene rings is 1. The molecule has 1 heterocycles. The van der Waals surface area contributed by atoms with Crippen LogP contribution in [0.3, 0.4) is 0 Å². The fraction of sp³-hybridized carbons (Fsp3) is 0.350. The summed E-state index contributed by atoms with van der Waals surface area (Å²) in [5, 5.41) is 2.31. The fourth-order valence-electron chi connectivity index (χ4n) is 3.06. The van der Waals surface area contributed by atoms with Gasteiger partial charge in [0.25, 0.3) is 5.91 Å². The standard InChI is InChI=1S/C20H20FNO4S/c21-15-8-6-13(7-9-15)16-10-11-17(27-16)20(25)26-12-18(23)22-19(24)14-4-2-1-3-5-14/h6-11,14H,1-5,12H2,(H,22,23,24). The summed E-state index contributed by atoms with van der Waals surface area (Å²) in [6.07, 6.45) is 4.70. The number of hydrogen-bond donors (Lipinski definition) is 1. The van der Waals surface area contributed by atoms with Gasteiger partial charge >= 0.3 is 5.97 Å². The summed E-state index contributed by atoms with van der Waals surface area (Å²) in [6, 6.07) is 9.28. The number of imide groups is 1. The van der Waals surface area contributed by atoms with E-state index >= 15 is 0 Å². The quantitative estimate of drug-likeness (QED) is 0.787. The molecule has 1 fully saturated rings. The fourth-order valence-corrected chi connectivity index (χ4v) is 3.96. The van der Waals surface area contributed by atoms with E-state index in [-0.39, 0.29) is 17.6 Å². The topological polar surface area (TPSA) is 72.5 Å². The molecular formula is C20H20FNO4S. The van der Waals surface area contributed by atoms with Crippen molar-refractivity contribution >= 4 is 29.1 Å². The van der Waals surface area contributed by atoms with Gasteiger partial charge in [-0.3, -0.25) is 14.9 Å². The van der Waals surface area contributed by atoms with Crippen molar-refractivity contribution in [3.8, 4) is 10.4 Å². The van der Waals surface area contributed by atoms with Crippen molar-refractivity contribution in [2.45, 2.75) is 32.1 Å². The van der Waals surface area contributed by atoms with Gasteiger partial charge in [0.15, 0.2) is 6.61 Å². The van der Waals surface area contributed by atoms with Gasteiger partial charge in [0.05, 0.1) is 0 Å². The number of carbonyl (C=O) groups is 3. The summed E-state index contributed by atoms with van der Waals surface area (Å²) in [5.41, 5.74) is 0.788. The first kappa shape index (κ1) is 19.2. The molecule has 1 aliphatic carbocycles. The third-order valence-corrected chi connectivity index (χ3v) is 5.62. The van der Waals surface area contributed by atoms with E-state index in [0.29, 0.717) is 4.88 Å². The summed E-state index contributed by atoms with van der Waals surface area (Å²) in [5.74, 6) is -1.99. The second kappa shape index (κ2) is 8.90. The van der Waals surface area contributed by atoms with Gasteiger partial charge in [-0.2, -0.15) is 0 Å². The largest absolute Gasteiger partial charge is 0.451 e. The van der Waals surface area contributed by atoms with E-state index < -0.39 is 18.5 Å². The van der Waals surface area contributed by atoms with Crippen LogP contribution in [-0.4, -0.2) is 24.4 Å². The molecule has 1 aromatic carbocycles. The van der Waals surface area contributed by atoms with E-state index in [0.717, 1.165) is 42.5 Å². The number of halogens is 1. The van der Waals surface area contributed by atoms with Gasteiger partial charge < -0.3 is 4.74 Å². The van der Waals surface area contributed by atoms with Crippen molar-refractivity contribution in [1.82, 2.24) is 5.32 Å². The Balaban J connectivity index is 1.49. The highest BCUT2D eigenvalue weighted by atomic mass is 32.1. The second-order valence-corrected chi connectivity index (χ2v) is 7.58. The molecule has 1 N–H and O–H groups in total. The lowest BCUT2D eigenvalue weighted by Crippen LogP contribution is -2.38. The van der Waals surface area contributed by atoms with Crippen LogP contribution in [0.15, 0.2) is 36.4 Å². The number of hydrogen-bond acceptors (Lipinski definition) is 5. The molecule has 0 unspecified atom stereocenters. The van der Waals surface area contributed by atoms with Crippen LogP contribution in [0.2, 0.25) is 0 Å². The summed E-state index contributed by atoms with van der Waals surface area (Å²) < 4.78 is 18.0. The van der Waals surface area contributed by atoms with E-state index in [9.17, 15) is 18.8 Å². The van der Waals surface area contributed by atoms with Gasteiger partial charge in [-0.05, 0) is 42.7 Å². The highest BCUT2D eigenvalue weighted by Crippen LogP contribution is 2.28. The molecule has 0 bridgehead atoms. The summed E-state index contributed by atoms with van der Waals surface area (Å²) in [4.78, 5) is 37.1. The smallest absolute Gasteiger partial charge is 0.348 e. The predicted molar refractivity (Wildman–Crippen MR) is 99.7 cm³/mol. The zero-order valence-corrected chi connectivity index (χ0v) is 15.5. The van der Waals surface area contributed by atoms with Crippen LogP contribution in [0.4, 0.5) is 4.39 Å². The molecule has 7 heteroatoms. The Morgan fingerprint density at radius 2 is 1.74 bits per heavy atom. The first-order valence-electron chi connectivity index (χ1n) is 8.89. The minimum Gasteiger partial charge on any atom is -0.451 e. The highest BCUT2D eigenvalue weighted by molar-refractivity contribution is 7.17. The van der Waals surface area contributed by atoms with Crippen LogP contribution >= 0.6 is 11.3 Å². The van der Waals surface area contributed by atoms with Gasteiger partial charge in [-0.1, -0.05) is 31.4 Å². The Morgan fingerprint density at radius 1 is 1.04 bits per heavy atom. The van der Waals surface area contributed by atoms with Gasteiger partial charge in [0.1, 0.15) is 10.7 Å². The number of benzene rings is 1. The zero-order chi connectivity index (χ0) is 19.2. The first-order valence-corrected chi connectivity index (χ1v) is 9.71. The normalized spacial score (nSPS) is 14.6. The van der Waals surface area contributed by atoms with E-state index in [1.807, 2.05) is 0 Å². The maximum Gasteiger partial charge on any atom is 0.348 e. The Labute approximate surface area is 160 Å².